The Labute approximate surface area is 124 Å². The van der Waals surface area contributed by atoms with Gasteiger partial charge < -0.3 is 5.73 Å². The Hall–Kier alpha value is 0.0600. The van der Waals surface area contributed by atoms with Crippen LogP contribution in [-0.4, -0.2) is 0 Å². The lowest BCUT2D eigenvalue weighted by Gasteiger charge is -2.12. The number of halogens is 4. The molecule has 2 N–H and O–H groups in total. The van der Waals surface area contributed by atoms with E-state index in [1.165, 1.54) is 17.4 Å². The topological polar surface area (TPSA) is 26.0 Å². The smallest absolute Gasteiger partial charge is 0.129 e. The average molecular weight is 400 g/mol. The van der Waals surface area contributed by atoms with Crippen molar-refractivity contribution in [3.8, 4) is 0 Å². The Morgan fingerprint density at radius 1 is 1.24 bits per heavy atom. The van der Waals surface area contributed by atoms with Crippen LogP contribution < -0.4 is 5.73 Å². The van der Waals surface area contributed by atoms with Crippen LogP contribution in [0.5, 0.6) is 0 Å². The molecule has 2 aromatic rings. The molecule has 0 saturated heterocycles. The molecular weight excluding hydrogens is 392 g/mol. The van der Waals surface area contributed by atoms with Crippen LogP contribution in [0.2, 0.25) is 5.02 Å². The largest absolute Gasteiger partial charge is 0.320 e. The Bertz CT molecular complexity index is 558. The molecule has 0 aliphatic carbocycles. The van der Waals surface area contributed by atoms with Crippen LogP contribution in [0, 0.1) is 5.82 Å². The summed E-state index contributed by atoms with van der Waals surface area (Å²) in [4.78, 5) is 0. The highest BCUT2D eigenvalue weighted by Crippen LogP contribution is 2.37. The van der Waals surface area contributed by atoms with Crippen LogP contribution in [0.25, 0.3) is 0 Å². The van der Waals surface area contributed by atoms with Gasteiger partial charge in [-0.3, -0.25) is 0 Å². The Morgan fingerprint density at radius 2 is 1.94 bits per heavy atom. The standard InChI is InChI=1S/C11H7Br2ClFNS/c12-9-4-7(11(13)17-9)10(16)6-2-1-5(14)3-8(6)15/h1-4,10H,16H2. The number of nitrogens with two attached hydrogens (primary N) is 1. The lowest BCUT2D eigenvalue weighted by Crippen LogP contribution is -2.13. The zero-order chi connectivity index (χ0) is 12.6. The van der Waals surface area contributed by atoms with Gasteiger partial charge in [0.05, 0.1) is 13.6 Å². The molecule has 1 aromatic heterocycles. The van der Waals surface area contributed by atoms with Crippen molar-refractivity contribution in [2.75, 3.05) is 0 Å². The van der Waals surface area contributed by atoms with E-state index in [4.69, 9.17) is 17.3 Å². The SMILES string of the molecule is NC(c1ccc(Cl)cc1F)c1cc(Br)sc1Br. The molecule has 6 heteroatoms. The minimum absolute atomic E-state index is 0.365. The predicted molar refractivity (Wildman–Crippen MR) is 77.2 cm³/mol. The van der Waals surface area contributed by atoms with Gasteiger partial charge in [0.1, 0.15) is 5.82 Å². The van der Waals surface area contributed by atoms with E-state index in [2.05, 4.69) is 31.9 Å². The third kappa shape index (κ3) is 2.90. The molecule has 0 saturated carbocycles. The highest BCUT2D eigenvalue weighted by Gasteiger charge is 2.18. The van der Waals surface area contributed by atoms with Gasteiger partial charge in [0, 0.05) is 10.6 Å². The molecule has 0 aliphatic heterocycles. The van der Waals surface area contributed by atoms with E-state index in [1.807, 2.05) is 6.07 Å². The zero-order valence-corrected chi connectivity index (χ0v) is 13.1. The summed E-state index contributed by atoms with van der Waals surface area (Å²) in [6.07, 6.45) is 0. The summed E-state index contributed by atoms with van der Waals surface area (Å²) in [6, 6.07) is 5.89. The van der Waals surface area contributed by atoms with Crippen LogP contribution in [0.3, 0.4) is 0 Å². The number of thiophene rings is 1. The molecule has 1 heterocycles. The summed E-state index contributed by atoms with van der Waals surface area (Å²) in [6.45, 7) is 0. The first-order chi connectivity index (χ1) is 7.99. The summed E-state index contributed by atoms with van der Waals surface area (Å²) in [5, 5.41) is 0.365. The third-order valence-corrected chi connectivity index (χ3v) is 4.94. The number of hydrogen-bond donors (Lipinski definition) is 1. The molecule has 1 nitrogen and oxygen atoms in total. The Morgan fingerprint density at radius 3 is 2.47 bits per heavy atom. The molecule has 90 valence electrons. The fourth-order valence-electron chi connectivity index (χ4n) is 1.49. The molecule has 0 amide bonds. The van der Waals surface area contributed by atoms with Crippen molar-refractivity contribution in [3.63, 3.8) is 0 Å². The van der Waals surface area contributed by atoms with Crippen LogP contribution in [0.1, 0.15) is 17.2 Å². The van der Waals surface area contributed by atoms with Gasteiger partial charge in [-0.2, -0.15) is 0 Å². The van der Waals surface area contributed by atoms with Crippen LogP contribution in [0.15, 0.2) is 31.8 Å². The van der Waals surface area contributed by atoms with Gasteiger partial charge in [0.15, 0.2) is 0 Å². The quantitative estimate of drug-likeness (QED) is 0.746. The Kier molecular flexibility index (Phi) is 4.26. The second-order valence-electron chi connectivity index (χ2n) is 3.42. The van der Waals surface area contributed by atoms with Crippen molar-refractivity contribution in [1.29, 1.82) is 0 Å². The van der Waals surface area contributed by atoms with Crippen LogP contribution in [0.4, 0.5) is 4.39 Å². The van der Waals surface area contributed by atoms with E-state index in [1.54, 1.807) is 12.1 Å². The first-order valence-corrected chi connectivity index (χ1v) is 7.42. The van der Waals surface area contributed by atoms with E-state index >= 15 is 0 Å². The maximum absolute atomic E-state index is 13.7. The molecular formula is C11H7Br2ClFNS. The van der Waals surface area contributed by atoms with E-state index in [0.29, 0.717) is 10.6 Å². The van der Waals surface area contributed by atoms with Crippen molar-refractivity contribution in [3.05, 3.63) is 53.8 Å². The van der Waals surface area contributed by atoms with Gasteiger partial charge >= 0.3 is 0 Å². The van der Waals surface area contributed by atoms with Crippen molar-refractivity contribution in [2.45, 2.75) is 6.04 Å². The molecule has 0 bridgehead atoms. The minimum atomic E-state index is -0.510. The number of rotatable bonds is 2. The fraction of sp³-hybridized carbons (Fsp3) is 0.0909. The van der Waals surface area contributed by atoms with Crippen LogP contribution in [-0.2, 0) is 0 Å². The highest BCUT2D eigenvalue weighted by molar-refractivity contribution is 9.12. The lowest BCUT2D eigenvalue weighted by molar-refractivity contribution is 0.600. The van der Waals surface area contributed by atoms with Crippen molar-refractivity contribution in [2.24, 2.45) is 5.73 Å². The van der Waals surface area contributed by atoms with E-state index in [0.717, 1.165) is 13.1 Å². The van der Waals surface area contributed by atoms with Crippen LogP contribution >= 0.6 is 54.8 Å². The summed E-state index contributed by atoms with van der Waals surface area (Å²) in [5.74, 6) is -0.390. The lowest BCUT2D eigenvalue weighted by atomic mass is 10.0. The van der Waals surface area contributed by atoms with Crippen molar-refractivity contribution < 1.29 is 4.39 Å². The second-order valence-corrected chi connectivity index (χ2v) is 7.61. The first-order valence-electron chi connectivity index (χ1n) is 4.64. The minimum Gasteiger partial charge on any atom is -0.320 e. The molecule has 1 atom stereocenters. The summed E-state index contributed by atoms with van der Waals surface area (Å²) in [5.41, 5.74) is 7.34. The molecule has 0 fully saturated rings. The summed E-state index contributed by atoms with van der Waals surface area (Å²) < 4.78 is 15.6. The zero-order valence-electron chi connectivity index (χ0n) is 8.38. The van der Waals surface area contributed by atoms with Gasteiger partial charge in [-0.15, -0.1) is 11.3 Å². The van der Waals surface area contributed by atoms with Gasteiger partial charge in [-0.25, -0.2) is 4.39 Å². The van der Waals surface area contributed by atoms with Gasteiger partial charge in [-0.1, -0.05) is 17.7 Å². The Balaban J connectivity index is 2.43. The monoisotopic (exact) mass is 397 g/mol. The predicted octanol–water partition coefficient (Wildman–Crippen LogP) is 5.11. The molecule has 0 spiro atoms. The fourth-order valence-corrected chi connectivity index (χ4v) is 4.57. The maximum Gasteiger partial charge on any atom is 0.129 e. The van der Waals surface area contributed by atoms with E-state index in [9.17, 15) is 4.39 Å². The molecule has 1 unspecified atom stereocenters. The van der Waals surface area contributed by atoms with E-state index in [-0.39, 0.29) is 5.82 Å². The van der Waals surface area contributed by atoms with Gasteiger partial charge in [-0.05, 0) is 55.6 Å². The van der Waals surface area contributed by atoms with Crippen molar-refractivity contribution >= 4 is 54.8 Å². The first kappa shape index (κ1) is 13.5. The molecule has 0 aliphatic rings. The van der Waals surface area contributed by atoms with E-state index < -0.39 is 6.04 Å². The van der Waals surface area contributed by atoms with Gasteiger partial charge in [0.2, 0.25) is 0 Å². The molecule has 1 aromatic carbocycles. The summed E-state index contributed by atoms with van der Waals surface area (Å²) >= 11 is 14.0. The molecule has 0 radical (unpaired) electrons. The molecule has 17 heavy (non-hydrogen) atoms. The second kappa shape index (κ2) is 5.36. The number of hydrogen-bond acceptors (Lipinski definition) is 2. The number of benzene rings is 1. The normalized spacial score (nSPS) is 12.8. The van der Waals surface area contributed by atoms with Crippen molar-refractivity contribution in [1.82, 2.24) is 0 Å². The average Bonchev–Trinajstić information content (AvgIpc) is 2.57. The molecule has 2 rings (SSSR count). The maximum atomic E-state index is 13.7. The highest BCUT2D eigenvalue weighted by atomic mass is 79.9. The van der Waals surface area contributed by atoms with Gasteiger partial charge in [0.25, 0.3) is 0 Å². The summed E-state index contributed by atoms with van der Waals surface area (Å²) in [7, 11) is 0. The third-order valence-electron chi connectivity index (χ3n) is 2.32.